The molecule has 0 saturated heterocycles. The Hall–Kier alpha value is -4.65. The summed E-state index contributed by atoms with van der Waals surface area (Å²) >= 11 is 0. The second-order valence-corrected chi connectivity index (χ2v) is 18.0. The number of halogens is 7. The zero-order valence-electron chi connectivity index (χ0n) is 26.5. The number of hydrogen-bond acceptors (Lipinski definition) is 8. The van der Waals surface area contributed by atoms with Crippen LogP contribution in [0.3, 0.4) is 0 Å². The van der Waals surface area contributed by atoms with Gasteiger partial charge in [0.2, 0.25) is 5.91 Å². The summed E-state index contributed by atoms with van der Waals surface area (Å²) in [5.74, 6) is -2.32. The summed E-state index contributed by atoms with van der Waals surface area (Å²) in [6, 6.07) is 2.87. The number of carbonyl (C=O) groups is 1. The summed E-state index contributed by atoms with van der Waals surface area (Å²) < 4.78 is 103. The fourth-order valence-electron chi connectivity index (χ4n) is 4.70. The van der Waals surface area contributed by atoms with Gasteiger partial charge in [-0.3, -0.25) is 14.4 Å². The normalized spacial score (nSPS) is 13.1. The fraction of sp³-hybridized carbons (Fsp3) is 0.400. The van der Waals surface area contributed by atoms with Crippen molar-refractivity contribution in [3.8, 4) is 11.4 Å². The molecule has 3 heterocycles. The number of benzene rings is 1. The standard InChI is InChI=1S/C30H32F7N7O4Si/c1-49(2,3)10-9-48-16-44-28(47)24(30(35,36)37)23(15-41-44)42-22(25(38)45)5-4-7-43-8-6-17-11-20(21(31)12-19(17)27(43)46)26-39-13-18(14-40-26)29(32,33)34/h6,8,11-15,22,42H,4-5,7,9-10,16H2,1-3H3,(H2,38,45)/t22-/m1/s1. The number of primary amides is 1. The lowest BCUT2D eigenvalue weighted by atomic mass is 10.1. The van der Waals surface area contributed by atoms with Gasteiger partial charge in [-0.1, -0.05) is 19.6 Å². The number of nitrogens with one attached hydrogen (secondary N) is 1. The smallest absolute Gasteiger partial charge is 0.372 e. The Kier molecular flexibility index (Phi) is 11.0. The molecule has 0 spiro atoms. The van der Waals surface area contributed by atoms with E-state index in [0.717, 1.165) is 18.3 Å². The van der Waals surface area contributed by atoms with Gasteiger partial charge in [-0.15, -0.1) is 0 Å². The largest absolute Gasteiger partial charge is 0.423 e. The summed E-state index contributed by atoms with van der Waals surface area (Å²) in [5, 5.41) is 6.28. The number of rotatable bonds is 13. The van der Waals surface area contributed by atoms with Gasteiger partial charge in [0.05, 0.1) is 28.4 Å². The first-order valence-electron chi connectivity index (χ1n) is 14.8. The van der Waals surface area contributed by atoms with Gasteiger partial charge in [-0.2, -0.15) is 31.4 Å². The van der Waals surface area contributed by atoms with Crippen molar-refractivity contribution in [2.45, 2.75) is 70.2 Å². The van der Waals surface area contributed by atoms with E-state index in [1.807, 2.05) is 0 Å². The lowest BCUT2D eigenvalue weighted by Gasteiger charge is -2.21. The van der Waals surface area contributed by atoms with Crippen LogP contribution in [-0.2, 0) is 35.2 Å². The molecule has 4 aromatic rings. The van der Waals surface area contributed by atoms with Gasteiger partial charge in [0.25, 0.3) is 11.1 Å². The molecule has 0 unspecified atom stereocenters. The van der Waals surface area contributed by atoms with Crippen LogP contribution in [0.5, 0.6) is 0 Å². The number of pyridine rings is 1. The summed E-state index contributed by atoms with van der Waals surface area (Å²) in [6.45, 7) is 5.93. The van der Waals surface area contributed by atoms with Gasteiger partial charge in [-0.25, -0.2) is 19.0 Å². The lowest BCUT2D eigenvalue weighted by molar-refractivity contribution is -0.139. The Morgan fingerprint density at radius 3 is 2.29 bits per heavy atom. The van der Waals surface area contributed by atoms with Crippen molar-refractivity contribution in [1.29, 1.82) is 0 Å². The number of alkyl halides is 6. The van der Waals surface area contributed by atoms with E-state index in [1.165, 1.54) is 22.9 Å². The van der Waals surface area contributed by atoms with E-state index in [2.05, 4.69) is 40.0 Å². The van der Waals surface area contributed by atoms with Gasteiger partial charge in [0.1, 0.15) is 24.2 Å². The molecule has 3 N–H and O–H groups in total. The zero-order chi connectivity index (χ0) is 36.3. The minimum Gasteiger partial charge on any atom is -0.372 e. The Balaban J connectivity index is 1.48. The molecule has 4 rings (SSSR count). The van der Waals surface area contributed by atoms with Gasteiger partial charge < -0.3 is 20.4 Å². The second-order valence-electron chi connectivity index (χ2n) is 12.4. The highest BCUT2D eigenvalue weighted by Crippen LogP contribution is 2.33. The minimum atomic E-state index is -5.11. The number of nitrogens with two attached hydrogens (primary N) is 1. The number of fused-ring (bicyclic) bond motifs is 1. The van der Waals surface area contributed by atoms with Crippen molar-refractivity contribution in [2.75, 3.05) is 11.9 Å². The molecule has 0 bridgehead atoms. The topological polar surface area (TPSA) is 147 Å². The molecule has 0 aliphatic heterocycles. The quantitative estimate of drug-likeness (QED) is 0.108. The van der Waals surface area contributed by atoms with Crippen LogP contribution in [-0.4, -0.2) is 50.9 Å². The van der Waals surface area contributed by atoms with Crippen LogP contribution in [0.1, 0.15) is 24.0 Å². The first-order chi connectivity index (χ1) is 22.8. The molecular weight excluding hydrogens is 683 g/mol. The molecule has 0 aliphatic carbocycles. The molecule has 11 nitrogen and oxygen atoms in total. The number of amides is 1. The highest BCUT2D eigenvalue weighted by atomic mass is 28.3. The van der Waals surface area contributed by atoms with Crippen LogP contribution in [0.15, 0.2) is 52.6 Å². The number of nitrogens with zero attached hydrogens (tertiary/aromatic N) is 5. The second kappa shape index (κ2) is 14.4. The average molecular weight is 716 g/mol. The van der Waals surface area contributed by atoms with Gasteiger partial charge in [0.15, 0.2) is 5.82 Å². The van der Waals surface area contributed by atoms with Crippen LogP contribution in [0.4, 0.5) is 36.4 Å². The third kappa shape index (κ3) is 9.28. The van der Waals surface area contributed by atoms with Gasteiger partial charge >= 0.3 is 12.4 Å². The van der Waals surface area contributed by atoms with E-state index in [9.17, 15) is 45.1 Å². The predicted molar refractivity (Wildman–Crippen MR) is 168 cm³/mol. The number of carbonyl (C=O) groups excluding carboxylic acids is 1. The van der Waals surface area contributed by atoms with Crippen LogP contribution < -0.4 is 22.2 Å². The van der Waals surface area contributed by atoms with E-state index in [1.54, 1.807) is 0 Å². The molecule has 0 aliphatic rings. The van der Waals surface area contributed by atoms with E-state index < -0.39 is 72.9 Å². The highest BCUT2D eigenvalue weighted by molar-refractivity contribution is 6.76. The minimum absolute atomic E-state index is 0.0305. The van der Waals surface area contributed by atoms with Crippen molar-refractivity contribution in [3.05, 3.63) is 80.6 Å². The summed E-state index contributed by atoms with van der Waals surface area (Å²) in [4.78, 5) is 45.2. The van der Waals surface area contributed by atoms with Crippen molar-refractivity contribution in [1.82, 2.24) is 24.3 Å². The van der Waals surface area contributed by atoms with E-state index in [0.29, 0.717) is 17.1 Å². The van der Waals surface area contributed by atoms with Gasteiger partial charge in [-0.05, 0) is 42.5 Å². The van der Waals surface area contributed by atoms with E-state index >= 15 is 0 Å². The third-order valence-corrected chi connectivity index (χ3v) is 9.09. The molecule has 0 radical (unpaired) electrons. The Morgan fingerprint density at radius 1 is 1.02 bits per heavy atom. The van der Waals surface area contributed by atoms with E-state index in [-0.39, 0.29) is 48.2 Å². The maximum Gasteiger partial charge on any atom is 0.423 e. The number of anilines is 1. The molecule has 0 fully saturated rings. The fourth-order valence-corrected chi connectivity index (χ4v) is 5.46. The first kappa shape index (κ1) is 37.2. The molecule has 19 heteroatoms. The molecule has 264 valence electrons. The Morgan fingerprint density at radius 2 is 1.69 bits per heavy atom. The molecule has 1 aromatic carbocycles. The summed E-state index contributed by atoms with van der Waals surface area (Å²) in [5.41, 5.74) is -0.385. The van der Waals surface area contributed by atoms with Gasteiger partial charge in [0, 0.05) is 39.8 Å². The number of hydrogen-bond donors (Lipinski definition) is 2. The van der Waals surface area contributed by atoms with E-state index in [4.69, 9.17) is 10.5 Å². The van der Waals surface area contributed by atoms with Crippen LogP contribution >= 0.6 is 0 Å². The molecule has 0 saturated carbocycles. The van der Waals surface area contributed by atoms with Crippen LogP contribution in [0.25, 0.3) is 22.2 Å². The molecule has 3 aromatic heterocycles. The Labute approximate surface area is 274 Å². The Bertz CT molecular complexity index is 1940. The van der Waals surface area contributed by atoms with Crippen LogP contribution in [0.2, 0.25) is 25.7 Å². The maximum atomic E-state index is 15.0. The monoisotopic (exact) mass is 715 g/mol. The van der Waals surface area contributed by atoms with Crippen molar-refractivity contribution in [3.63, 3.8) is 0 Å². The number of aromatic nitrogens is 5. The predicted octanol–water partition coefficient (Wildman–Crippen LogP) is 5.25. The first-order valence-corrected chi connectivity index (χ1v) is 18.5. The maximum absolute atomic E-state index is 15.0. The summed E-state index contributed by atoms with van der Waals surface area (Å²) in [7, 11) is -1.49. The lowest BCUT2D eigenvalue weighted by Crippen LogP contribution is -2.39. The summed E-state index contributed by atoms with van der Waals surface area (Å²) in [6.07, 6.45) is -6.80. The number of aryl methyl sites for hydroxylation is 1. The molecule has 49 heavy (non-hydrogen) atoms. The number of ether oxygens (including phenoxy) is 1. The SMILES string of the molecule is C[Si](C)(C)CCOCn1ncc(N[C@H](CCCn2ccc3cc(-c4ncc(C(F)(F)F)cn4)c(F)cc3c2=O)C(N)=O)c(C(F)(F)F)c1=O. The van der Waals surface area contributed by atoms with Crippen molar-refractivity contribution in [2.24, 2.45) is 5.73 Å². The third-order valence-electron chi connectivity index (χ3n) is 7.39. The molecule has 1 amide bonds. The molecular formula is C30H32F7N7O4Si. The highest BCUT2D eigenvalue weighted by Gasteiger charge is 2.39. The van der Waals surface area contributed by atoms with Crippen LogP contribution in [0, 0.1) is 5.82 Å². The molecule has 1 atom stereocenters. The van der Waals surface area contributed by atoms with Crippen molar-refractivity contribution < 1.29 is 40.3 Å². The zero-order valence-corrected chi connectivity index (χ0v) is 27.5. The average Bonchev–Trinajstić information content (AvgIpc) is 2.99. The van der Waals surface area contributed by atoms with Crippen molar-refractivity contribution >= 4 is 30.4 Å².